The lowest BCUT2D eigenvalue weighted by molar-refractivity contribution is -0.109. The highest BCUT2D eigenvalue weighted by Crippen LogP contribution is 2.03. The second-order valence-electron chi connectivity index (χ2n) is 1.85. The van der Waals surface area contributed by atoms with E-state index in [0.717, 1.165) is 11.7 Å². The molecule has 0 aliphatic carbocycles. The fourth-order valence-electron chi connectivity index (χ4n) is 0.631. The largest absolute Gasteiger partial charge is 0.345 e. The summed E-state index contributed by atoms with van der Waals surface area (Å²) < 4.78 is 0. The van der Waals surface area contributed by atoms with Gasteiger partial charge in [0.25, 0.3) is 0 Å². The van der Waals surface area contributed by atoms with E-state index in [1.165, 1.54) is 0 Å². The van der Waals surface area contributed by atoms with Crippen LogP contribution in [-0.2, 0) is 4.79 Å². The zero-order chi connectivity index (χ0) is 7.40. The Morgan fingerprint density at radius 1 is 1.90 bits per heavy atom. The summed E-state index contributed by atoms with van der Waals surface area (Å²) >= 11 is 0. The number of carbonyl (C=O) groups excluding carboxylic acids is 1. The van der Waals surface area contributed by atoms with Crippen molar-refractivity contribution in [3.8, 4) is 0 Å². The fourth-order valence-corrected chi connectivity index (χ4v) is 0.631. The van der Waals surface area contributed by atoms with Crippen molar-refractivity contribution in [2.24, 2.45) is 0 Å². The first-order valence-electron chi connectivity index (χ1n) is 2.88. The van der Waals surface area contributed by atoms with E-state index >= 15 is 0 Å². The van der Waals surface area contributed by atoms with Crippen LogP contribution in [0.3, 0.4) is 0 Å². The number of nitrogens with one attached hydrogen (secondary N) is 2. The van der Waals surface area contributed by atoms with Gasteiger partial charge in [-0.1, -0.05) is 0 Å². The molecule has 0 aliphatic heterocycles. The molecule has 10 heavy (non-hydrogen) atoms. The Kier molecular flexibility index (Phi) is 2.04. The Bertz CT molecular complexity index is 195. The zero-order valence-corrected chi connectivity index (χ0v) is 5.59. The van der Waals surface area contributed by atoms with Crippen LogP contribution < -0.4 is 5.32 Å². The smallest absolute Gasteiger partial charge is 0.207 e. The molecule has 2 N–H and O–H groups in total. The van der Waals surface area contributed by atoms with Crippen molar-refractivity contribution in [2.75, 3.05) is 0 Å². The van der Waals surface area contributed by atoms with Gasteiger partial charge in [-0.3, -0.25) is 9.89 Å². The van der Waals surface area contributed by atoms with Crippen molar-refractivity contribution >= 4 is 6.41 Å². The highest BCUT2D eigenvalue weighted by Gasteiger charge is 2.04. The molecule has 0 saturated heterocycles. The highest BCUT2D eigenvalue weighted by atomic mass is 16.1. The van der Waals surface area contributed by atoms with Gasteiger partial charge in [-0.25, -0.2) is 0 Å². The number of hydrogen-bond donors (Lipinski definition) is 2. The Morgan fingerprint density at radius 3 is 3.20 bits per heavy atom. The van der Waals surface area contributed by atoms with Gasteiger partial charge in [0.2, 0.25) is 6.41 Å². The van der Waals surface area contributed by atoms with E-state index < -0.39 is 0 Å². The fraction of sp³-hybridized carbons (Fsp3) is 0.167. The Morgan fingerprint density at radius 2 is 2.70 bits per heavy atom. The quantitative estimate of drug-likeness (QED) is 0.580. The van der Waals surface area contributed by atoms with Gasteiger partial charge in [-0.05, 0) is 13.0 Å². The first-order valence-corrected chi connectivity index (χ1v) is 2.88. The first-order chi connectivity index (χ1) is 4.84. The van der Waals surface area contributed by atoms with Gasteiger partial charge < -0.3 is 5.32 Å². The molecule has 1 aromatic heterocycles. The van der Waals surface area contributed by atoms with E-state index in [1.54, 1.807) is 19.2 Å². The third-order valence-electron chi connectivity index (χ3n) is 1.16. The number of amides is 1. The molecule has 1 radical (unpaired) electrons. The van der Waals surface area contributed by atoms with Crippen molar-refractivity contribution < 1.29 is 4.79 Å². The minimum Gasteiger partial charge on any atom is -0.345 e. The van der Waals surface area contributed by atoms with Gasteiger partial charge in [0, 0.05) is 6.20 Å². The number of carbonyl (C=O) groups is 1. The SMILES string of the molecule is C[C](NC=O)c1cc[nH]n1. The summed E-state index contributed by atoms with van der Waals surface area (Å²) in [4.78, 5) is 9.94. The molecule has 0 aromatic carbocycles. The first kappa shape index (κ1) is 6.80. The van der Waals surface area contributed by atoms with Crippen molar-refractivity contribution in [3.63, 3.8) is 0 Å². The predicted molar refractivity (Wildman–Crippen MR) is 35.8 cm³/mol. The number of rotatable bonds is 3. The van der Waals surface area contributed by atoms with E-state index in [1.807, 2.05) is 0 Å². The maximum atomic E-state index is 9.94. The number of H-pyrrole nitrogens is 1. The van der Waals surface area contributed by atoms with E-state index in [9.17, 15) is 4.79 Å². The molecule has 0 atom stereocenters. The monoisotopic (exact) mass is 138 g/mol. The molecule has 0 unspecified atom stereocenters. The van der Waals surface area contributed by atoms with Gasteiger partial charge in [0.15, 0.2) is 0 Å². The summed E-state index contributed by atoms with van der Waals surface area (Å²) in [7, 11) is 0. The zero-order valence-electron chi connectivity index (χ0n) is 5.59. The summed E-state index contributed by atoms with van der Waals surface area (Å²) in [6, 6.07) is 2.53. The van der Waals surface area contributed by atoms with Crippen molar-refractivity contribution in [1.82, 2.24) is 15.5 Å². The molecule has 1 heterocycles. The van der Waals surface area contributed by atoms with Crippen LogP contribution >= 0.6 is 0 Å². The van der Waals surface area contributed by atoms with Gasteiger partial charge in [0.1, 0.15) is 6.04 Å². The minimum absolute atomic E-state index is 0.629. The molecule has 0 fully saturated rings. The average molecular weight is 138 g/mol. The normalized spacial score (nSPS) is 9.80. The summed E-state index contributed by atoms with van der Waals surface area (Å²) in [5.74, 6) is 0. The molecule has 0 bridgehead atoms. The molecular weight excluding hydrogens is 130 g/mol. The molecule has 1 aromatic rings. The molecule has 1 amide bonds. The predicted octanol–water partition coefficient (Wildman–Crippen LogP) is 0.0557. The second kappa shape index (κ2) is 3.00. The summed E-state index contributed by atoms with van der Waals surface area (Å²) in [5.41, 5.74) is 0.757. The summed E-state index contributed by atoms with van der Waals surface area (Å²) in [6.07, 6.45) is 2.33. The number of nitrogens with zero attached hydrogens (tertiary/aromatic N) is 1. The van der Waals surface area contributed by atoms with Crippen LogP contribution in [0.1, 0.15) is 12.6 Å². The van der Waals surface area contributed by atoms with E-state index in [0.29, 0.717) is 6.41 Å². The molecule has 0 aliphatic rings. The van der Waals surface area contributed by atoms with E-state index in [-0.39, 0.29) is 0 Å². The topological polar surface area (TPSA) is 57.8 Å². The van der Waals surface area contributed by atoms with Crippen LogP contribution in [0.15, 0.2) is 12.3 Å². The van der Waals surface area contributed by atoms with Crippen LogP contribution in [-0.4, -0.2) is 16.6 Å². The lowest BCUT2D eigenvalue weighted by Crippen LogP contribution is -2.17. The van der Waals surface area contributed by atoms with Gasteiger partial charge in [-0.15, -0.1) is 0 Å². The average Bonchev–Trinajstić information content (AvgIpc) is 2.38. The summed E-state index contributed by atoms with van der Waals surface area (Å²) in [5, 5.41) is 9.00. The molecule has 0 saturated carbocycles. The third-order valence-corrected chi connectivity index (χ3v) is 1.16. The number of aromatic nitrogens is 2. The van der Waals surface area contributed by atoms with Crippen molar-refractivity contribution in [3.05, 3.63) is 24.0 Å². The van der Waals surface area contributed by atoms with Crippen LogP contribution in [0.4, 0.5) is 0 Å². The molecule has 4 nitrogen and oxygen atoms in total. The maximum Gasteiger partial charge on any atom is 0.207 e. The van der Waals surface area contributed by atoms with E-state index in [2.05, 4.69) is 15.5 Å². The van der Waals surface area contributed by atoms with Crippen LogP contribution in [0.2, 0.25) is 0 Å². The van der Waals surface area contributed by atoms with Gasteiger partial charge in [0.05, 0.1) is 5.69 Å². The Balaban J connectivity index is 2.58. The Hall–Kier alpha value is -1.32. The van der Waals surface area contributed by atoms with Crippen LogP contribution in [0, 0.1) is 6.04 Å². The van der Waals surface area contributed by atoms with E-state index in [4.69, 9.17) is 0 Å². The van der Waals surface area contributed by atoms with Crippen molar-refractivity contribution in [2.45, 2.75) is 6.92 Å². The van der Waals surface area contributed by atoms with Crippen molar-refractivity contribution in [1.29, 1.82) is 0 Å². The second-order valence-corrected chi connectivity index (χ2v) is 1.85. The standard InChI is InChI=1S/C6H8N3O/c1-5(7-4-10)6-2-3-8-9-6/h2-4H,1H3,(H,7,10)(H,8,9). The number of hydrogen-bond acceptors (Lipinski definition) is 2. The lowest BCUT2D eigenvalue weighted by atomic mass is 10.2. The lowest BCUT2D eigenvalue weighted by Gasteiger charge is -2.02. The van der Waals surface area contributed by atoms with Crippen LogP contribution in [0.25, 0.3) is 0 Å². The Labute approximate surface area is 58.6 Å². The van der Waals surface area contributed by atoms with Gasteiger partial charge >= 0.3 is 0 Å². The molecular formula is C6H8N3O. The van der Waals surface area contributed by atoms with Gasteiger partial charge in [-0.2, -0.15) is 5.10 Å². The molecule has 4 heteroatoms. The molecule has 53 valence electrons. The molecule has 1 rings (SSSR count). The summed E-state index contributed by atoms with van der Waals surface area (Å²) in [6.45, 7) is 1.78. The third kappa shape index (κ3) is 1.34. The molecule has 0 spiro atoms. The van der Waals surface area contributed by atoms with Crippen LogP contribution in [0.5, 0.6) is 0 Å². The highest BCUT2D eigenvalue weighted by molar-refractivity contribution is 5.50. The maximum absolute atomic E-state index is 9.94. The number of aromatic amines is 1. The minimum atomic E-state index is 0.629.